The van der Waals surface area contributed by atoms with E-state index in [1.807, 2.05) is 13.0 Å². The quantitative estimate of drug-likeness (QED) is 0.846. The molecule has 0 aliphatic rings. The molecule has 2 heterocycles. The number of hydrogen-bond donors (Lipinski definition) is 1. The highest BCUT2D eigenvalue weighted by Gasteiger charge is 2.12. The fourth-order valence-electron chi connectivity index (χ4n) is 1.97. The minimum Gasteiger partial charge on any atom is -0.366 e. The molecule has 0 aliphatic carbocycles. The summed E-state index contributed by atoms with van der Waals surface area (Å²) in [6.07, 6.45) is 2.52. The first-order valence-corrected chi connectivity index (χ1v) is 6.63. The first kappa shape index (κ1) is 13.1. The van der Waals surface area contributed by atoms with Crippen LogP contribution in [0.4, 0.5) is 5.82 Å². The molecule has 0 fully saturated rings. The van der Waals surface area contributed by atoms with Crippen LogP contribution in [0.15, 0.2) is 12.4 Å². The highest BCUT2D eigenvalue weighted by molar-refractivity contribution is 6.18. The number of nitrogens with zero attached hydrogens (tertiary/aromatic N) is 4. The number of anilines is 1. The number of aromatic nitrogens is 4. The normalized spacial score (nSPS) is 13.2. The van der Waals surface area contributed by atoms with Crippen molar-refractivity contribution in [3.63, 3.8) is 0 Å². The second kappa shape index (κ2) is 5.52. The smallest absolute Gasteiger partial charge is 0.254 e. The third-order valence-corrected chi connectivity index (χ3v) is 3.05. The van der Waals surface area contributed by atoms with Crippen LogP contribution in [0.5, 0.6) is 0 Å². The molecule has 0 spiro atoms. The van der Waals surface area contributed by atoms with Crippen molar-refractivity contribution in [3.05, 3.63) is 18.1 Å². The van der Waals surface area contributed by atoms with E-state index in [0.717, 1.165) is 17.9 Å². The first-order valence-electron chi connectivity index (χ1n) is 6.10. The zero-order valence-corrected chi connectivity index (χ0v) is 11.6. The van der Waals surface area contributed by atoms with E-state index in [1.165, 1.54) is 6.33 Å². The van der Waals surface area contributed by atoms with Crippen molar-refractivity contribution in [3.8, 4) is 0 Å². The van der Waals surface area contributed by atoms with Crippen LogP contribution >= 0.6 is 11.6 Å². The van der Waals surface area contributed by atoms with E-state index in [2.05, 4.69) is 34.2 Å². The number of aryl methyl sites for hydroxylation is 1. The lowest BCUT2D eigenvalue weighted by Crippen LogP contribution is -2.25. The van der Waals surface area contributed by atoms with Gasteiger partial charge < -0.3 is 5.32 Å². The SMILES string of the molecule is Cc1cc(NC(CCl)CC(C)C)n2ncnc2n1. The highest BCUT2D eigenvalue weighted by atomic mass is 35.5. The summed E-state index contributed by atoms with van der Waals surface area (Å²) in [5, 5.41) is 7.58. The van der Waals surface area contributed by atoms with E-state index in [4.69, 9.17) is 11.6 Å². The summed E-state index contributed by atoms with van der Waals surface area (Å²) >= 11 is 6.00. The second-order valence-electron chi connectivity index (χ2n) is 4.88. The van der Waals surface area contributed by atoms with Gasteiger partial charge in [-0.15, -0.1) is 11.6 Å². The predicted molar refractivity (Wildman–Crippen MR) is 73.1 cm³/mol. The Morgan fingerprint density at radius 1 is 1.44 bits per heavy atom. The van der Waals surface area contributed by atoms with E-state index in [1.54, 1.807) is 4.52 Å². The summed E-state index contributed by atoms with van der Waals surface area (Å²) in [4.78, 5) is 8.41. The third kappa shape index (κ3) is 2.90. The van der Waals surface area contributed by atoms with Gasteiger partial charge in [0.05, 0.1) is 0 Å². The molecular weight excluding hydrogens is 250 g/mol. The lowest BCUT2D eigenvalue weighted by molar-refractivity contribution is 0.540. The van der Waals surface area contributed by atoms with Crippen molar-refractivity contribution >= 4 is 23.2 Å². The summed E-state index contributed by atoms with van der Waals surface area (Å²) < 4.78 is 1.70. The van der Waals surface area contributed by atoms with Crippen LogP contribution in [0.25, 0.3) is 5.78 Å². The molecule has 6 heteroatoms. The average Bonchev–Trinajstić information content (AvgIpc) is 2.75. The van der Waals surface area contributed by atoms with Crippen LogP contribution in [-0.4, -0.2) is 31.5 Å². The average molecular weight is 268 g/mol. The van der Waals surface area contributed by atoms with E-state index in [0.29, 0.717) is 17.6 Å². The lowest BCUT2D eigenvalue weighted by atomic mass is 10.1. The Morgan fingerprint density at radius 2 is 2.22 bits per heavy atom. The topological polar surface area (TPSA) is 55.1 Å². The fraction of sp³-hybridized carbons (Fsp3) is 0.583. The van der Waals surface area contributed by atoms with Gasteiger partial charge in [-0.1, -0.05) is 13.8 Å². The Labute approximate surface area is 112 Å². The van der Waals surface area contributed by atoms with Gasteiger partial charge in [0, 0.05) is 23.7 Å². The Kier molecular flexibility index (Phi) is 4.01. The number of rotatable bonds is 5. The molecule has 0 radical (unpaired) electrons. The molecule has 1 unspecified atom stereocenters. The van der Waals surface area contributed by atoms with Crippen LogP contribution in [0.1, 0.15) is 26.0 Å². The molecule has 0 amide bonds. The number of alkyl halides is 1. The minimum atomic E-state index is 0.223. The molecule has 0 aromatic carbocycles. The molecule has 0 bridgehead atoms. The molecule has 0 saturated carbocycles. The Hall–Kier alpha value is -1.36. The van der Waals surface area contributed by atoms with Gasteiger partial charge in [0.15, 0.2) is 0 Å². The fourth-order valence-corrected chi connectivity index (χ4v) is 2.18. The van der Waals surface area contributed by atoms with Crippen molar-refractivity contribution in [2.45, 2.75) is 33.2 Å². The first-order chi connectivity index (χ1) is 8.60. The van der Waals surface area contributed by atoms with Gasteiger partial charge in [0.25, 0.3) is 5.78 Å². The third-order valence-electron chi connectivity index (χ3n) is 2.67. The minimum absolute atomic E-state index is 0.223. The maximum Gasteiger partial charge on any atom is 0.254 e. The second-order valence-corrected chi connectivity index (χ2v) is 5.19. The van der Waals surface area contributed by atoms with E-state index in [9.17, 15) is 0 Å². The lowest BCUT2D eigenvalue weighted by Gasteiger charge is -2.19. The van der Waals surface area contributed by atoms with E-state index >= 15 is 0 Å². The maximum absolute atomic E-state index is 6.00. The molecule has 2 aromatic heterocycles. The molecule has 1 N–H and O–H groups in total. The van der Waals surface area contributed by atoms with Gasteiger partial charge in [0.2, 0.25) is 0 Å². The highest BCUT2D eigenvalue weighted by Crippen LogP contribution is 2.15. The van der Waals surface area contributed by atoms with Crippen LogP contribution < -0.4 is 5.32 Å². The van der Waals surface area contributed by atoms with Gasteiger partial charge in [0.1, 0.15) is 12.1 Å². The van der Waals surface area contributed by atoms with Crippen LogP contribution in [-0.2, 0) is 0 Å². The standard InChI is InChI=1S/C12H18ClN5/c1-8(2)4-10(6-13)17-11-5-9(3)16-12-14-7-15-18(11)12/h5,7-8,10,17H,4,6H2,1-3H3. The van der Waals surface area contributed by atoms with Crippen LogP contribution in [0.2, 0.25) is 0 Å². The molecule has 18 heavy (non-hydrogen) atoms. The van der Waals surface area contributed by atoms with Gasteiger partial charge in [-0.3, -0.25) is 0 Å². The van der Waals surface area contributed by atoms with E-state index in [-0.39, 0.29) is 6.04 Å². The van der Waals surface area contributed by atoms with Crippen LogP contribution in [0.3, 0.4) is 0 Å². The summed E-state index contributed by atoms with van der Waals surface area (Å²) in [5.74, 6) is 2.66. The molecule has 98 valence electrons. The molecule has 0 saturated heterocycles. The van der Waals surface area contributed by atoms with Crippen molar-refractivity contribution in [1.82, 2.24) is 19.6 Å². The summed E-state index contributed by atoms with van der Waals surface area (Å²) in [6.45, 7) is 6.31. The van der Waals surface area contributed by atoms with Crippen LogP contribution in [0, 0.1) is 12.8 Å². The number of fused-ring (bicyclic) bond motifs is 1. The van der Waals surface area contributed by atoms with E-state index < -0.39 is 0 Å². The van der Waals surface area contributed by atoms with Gasteiger partial charge in [-0.05, 0) is 19.3 Å². The van der Waals surface area contributed by atoms with Gasteiger partial charge in [-0.2, -0.15) is 14.6 Å². The predicted octanol–water partition coefficient (Wildman–Crippen LogP) is 2.50. The summed E-state index contributed by atoms with van der Waals surface area (Å²) in [7, 11) is 0. The molecule has 0 aliphatic heterocycles. The number of hydrogen-bond acceptors (Lipinski definition) is 4. The summed E-state index contributed by atoms with van der Waals surface area (Å²) in [5.41, 5.74) is 0.913. The van der Waals surface area contributed by atoms with Crippen molar-refractivity contribution < 1.29 is 0 Å². The number of nitrogens with one attached hydrogen (secondary N) is 1. The molecule has 2 rings (SSSR count). The van der Waals surface area contributed by atoms with Gasteiger partial charge in [-0.25, -0.2) is 4.98 Å². The molecule has 5 nitrogen and oxygen atoms in total. The monoisotopic (exact) mass is 267 g/mol. The van der Waals surface area contributed by atoms with Crippen molar-refractivity contribution in [1.29, 1.82) is 0 Å². The summed E-state index contributed by atoms with van der Waals surface area (Å²) in [6, 6.07) is 2.18. The number of halogens is 1. The van der Waals surface area contributed by atoms with Crippen molar-refractivity contribution in [2.24, 2.45) is 5.92 Å². The largest absolute Gasteiger partial charge is 0.366 e. The molecular formula is C12H18ClN5. The maximum atomic E-state index is 6.00. The Morgan fingerprint density at radius 3 is 2.89 bits per heavy atom. The van der Waals surface area contributed by atoms with Crippen molar-refractivity contribution in [2.75, 3.05) is 11.2 Å². The Balaban J connectivity index is 2.26. The zero-order valence-electron chi connectivity index (χ0n) is 10.9. The molecule has 1 atom stereocenters. The van der Waals surface area contributed by atoms with Gasteiger partial charge >= 0.3 is 0 Å². The zero-order chi connectivity index (χ0) is 13.1. The Bertz CT molecular complexity index is 522. The molecule has 2 aromatic rings.